The number of urea groups is 1. The lowest BCUT2D eigenvalue weighted by Crippen LogP contribution is -2.45. The smallest absolute Gasteiger partial charge is 0.320 e. The third kappa shape index (κ3) is 3.19. The third-order valence-corrected chi connectivity index (χ3v) is 5.02. The number of amides is 2. The second-order valence-corrected chi connectivity index (χ2v) is 6.70. The van der Waals surface area contributed by atoms with Crippen molar-refractivity contribution < 1.29 is 18.7 Å². The number of fused-ring (bicyclic) bond motifs is 1. The number of rotatable bonds is 3. The molecule has 2 aromatic carbocycles. The topological polar surface area (TPSA) is 59.6 Å². The number of ether oxygens (including phenoxy) is 2. The van der Waals surface area contributed by atoms with Crippen molar-refractivity contribution >= 4 is 11.7 Å². The van der Waals surface area contributed by atoms with E-state index in [0.717, 1.165) is 31.2 Å². The first-order valence-electron chi connectivity index (χ1n) is 8.90. The molecule has 1 aliphatic carbocycles. The zero-order valence-electron chi connectivity index (χ0n) is 14.4. The SMILES string of the molecule is O=C(Nc1cccc2c1OCCO2)NC1(c2ccc(F)cc2)CCCC1. The van der Waals surface area contributed by atoms with Crippen LogP contribution in [0.3, 0.4) is 0 Å². The average molecular weight is 356 g/mol. The van der Waals surface area contributed by atoms with E-state index in [1.807, 2.05) is 12.1 Å². The normalized spacial score (nSPS) is 17.6. The highest BCUT2D eigenvalue weighted by Gasteiger charge is 2.37. The minimum absolute atomic E-state index is 0.278. The molecule has 0 unspecified atom stereocenters. The number of hydrogen-bond donors (Lipinski definition) is 2. The number of carbonyl (C=O) groups is 1. The molecule has 2 amide bonds. The molecule has 4 rings (SSSR count). The summed E-state index contributed by atoms with van der Waals surface area (Å²) in [5.74, 6) is 0.902. The Balaban J connectivity index is 1.54. The first-order chi connectivity index (χ1) is 12.7. The fraction of sp³-hybridized carbons (Fsp3) is 0.350. The summed E-state index contributed by atoms with van der Waals surface area (Å²) in [7, 11) is 0. The monoisotopic (exact) mass is 356 g/mol. The van der Waals surface area contributed by atoms with Crippen LogP contribution in [0.5, 0.6) is 11.5 Å². The van der Waals surface area contributed by atoms with Crippen LogP contribution in [-0.2, 0) is 5.54 Å². The molecule has 1 saturated carbocycles. The molecule has 0 bridgehead atoms. The van der Waals surface area contributed by atoms with Crippen LogP contribution in [0.4, 0.5) is 14.9 Å². The number of anilines is 1. The van der Waals surface area contributed by atoms with Gasteiger partial charge in [0, 0.05) is 0 Å². The minimum Gasteiger partial charge on any atom is -0.486 e. The fourth-order valence-corrected chi connectivity index (χ4v) is 3.78. The summed E-state index contributed by atoms with van der Waals surface area (Å²) in [6, 6.07) is 11.5. The molecule has 2 N–H and O–H groups in total. The van der Waals surface area contributed by atoms with Gasteiger partial charge in [0.05, 0.1) is 11.2 Å². The lowest BCUT2D eigenvalue weighted by atomic mass is 9.88. The number of halogens is 1. The highest BCUT2D eigenvalue weighted by molar-refractivity contribution is 5.92. The number of nitrogens with one attached hydrogen (secondary N) is 2. The van der Waals surface area contributed by atoms with Gasteiger partial charge in [-0.3, -0.25) is 0 Å². The van der Waals surface area contributed by atoms with E-state index in [0.29, 0.717) is 30.4 Å². The second-order valence-electron chi connectivity index (χ2n) is 6.70. The minimum atomic E-state index is -0.468. The first-order valence-corrected chi connectivity index (χ1v) is 8.90. The van der Waals surface area contributed by atoms with Crippen LogP contribution in [0.15, 0.2) is 42.5 Å². The van der Waals surface area contributed by atoms with E-state index >= 15 is 0 Å². The quantitative estimate of drug-likeness (QED) is 0.867. The molecule has 1 heterocycles. The standard InChI is InChI=1S/C20H21FN2O3/c21-15-8-6-14(7-9-15)20(10-1-2-11-20)23-19(24)22-16-4-3-5-17-18(16)26-13-12-25-17/h3-9H,1-2,10-13H2,(H2,22,23,24). The maximum Gasteiger partial charge on any atom is 0.320 e. The summed E-state index contributed by atoms with van der Waals surface area (Å²) in [6.07, 6.45) is 3.71. The molecule has 2 aliphatic rings. The summed E-state index contributed by atoms with van der Waals surface area (Å²) in [5.41, 5.74) is 1.04. The Morgan fingerprint density at radius 2 is 1.73 bits per heavy atom. The molecule has 1 aliphatic heterocycles. The molecule has 0 aromatic heterocycles. The molecule has 26 heavy (non-hydrogen) atoms. The summed E-state index contributed by atoms with van der Waals surface area (Å²) >= 11 is 0. The Morgan fingerprint density at radius 3 is 2.50 bits per heavy atom. The Bertz CT molecular complexity index is 801. The van der Waals surface area contributed by atoms with E-state index in [9.17, 15) is 9.18 Å². The van der Waals surface area contributed by atoms with Crippen molar-refractivity contribution in [1.29, 1.82) is 0 Å². The largest absolute Gasteiger partial charge is 0.486 e. The maximum absolute atomic E-state index is 13.3. The predicted octanol–water partition coefficient (Wildman–Crippen LogP) is 4.19. The summed E-state index contributed by atoms with van der Waals surface area (Å²) < 4.78 is 24.5. The van der Waals surface area contributed by atoms with Gasteiger partial charge in [0.2, 0.25) is 0 Å². The summed E-state index contributed by atoms with van der Waals surface area (Å²) in [4.78, 5) is 12.7. The van der Waals surface area contributed by atoms with Gasteiger partial charge in [-0.1, -0.05) is 31.0 Å². The Labute approximate surface area is 151 Å². The van der Waals surface area contributed by atoms with Crippen LogP contribution >= 0.6 is 0 Å². The van der Waals surface area contributed by atoms with Crippen molar-refractivity contribution in [2.75, 3.05) is 18.5 Å². The van der Waals surface area contributed by atoms with Crippen LogP contribution in [0.2, 0.25) is 0 Å². The molecule has 6 heteroatoms. The zero-order valence-corrected chi connectivity index (χ0v) is 14.4. The Hall–Kier alpha value is -2.76. The van der Waals surface area contributed by atoms with Crippen molar-refractivity contribution in [1.82, 2.24) is 5.32 Å². The van der Waals surface area contributed by atoms with Crippen LogP contribution in [0, 0.1) is 5.82 Å². The van der Waals surface area contributed by atoms with Crippen molar-refractivity contribution in [3.63, 3.8) is 0 Å². The van der Waals surface area contributed by atoms with Crippen molar-refractivity contribution in [2.24, 2.45) is 0 Å². The van der Waals surface area contributed by atoms with Gasteiger partial charge in [0.25, 0.3) is 0 Å². The predicted molar refractivity (Wildman–Crippen MR) is 96.1 cm³/mol. The van der Waals surface area contributed by atoms with Crippen LogP contribution < -0.4 is 20.1 Å². The summed E-state index contributed by atoms with van der Waals surface area (Å²) in [5, 5.41) is 5.99. The van der Waals surface area contributed by atoms with E-state index < -0.39 is 5.54 Å². The Kier molecular flexibility index (Phi) is 4.41. The molecule has 0 radical (unpaired) electrons. The molecule has 136 valence electrons. The van der Waals surface area contributed by atoms with Gasteiger partial charge < -0.3 is 20.1 Å². The van der Waals surface area contributed by atoms with Crippen molar-refractivity contribution in [3.8, 4) is 11.5 Å². The van der Waals surface area contributed by atoms with Crippen LogP contribution in [-0.4, -0.2) is 19.2 Å². The highest BCUT2D eigenvalue weighted by atomic mass is 19.1. The number of carbonyl (C=O) groups excluding carboxylic acids is 1. The van der Waals surface area contributed by atoms with Gasteiger partial charge in [-0.2, -0.15) is 0 Å². The molecule has 2 aromatic rings. The molecule has 0 saturated heterocycles. The fourth-order valence-electron chi connectivity index (χ4n) is 3.78. The van der Waals surface area contributed by atoms with Gasteiger partial charge in [0.1, 0.15) is 19.0 Å². The second kappa shape index (κ2) is 6.86. The van der Waals surface area contributed by atoms with Gasteiger partial charge in [-0.15, -0.1) is 0 Å². The van der Waals surface area contributed by atoms with E-state index in [1.54, 1.807) is 18.2 Å². The summed E-state index contributed by atoms with van der Waals surface area (Å²) in [6.45, 7) is 0.948. The van der Waals surface area contributed by atoms with E-state index in [2.05, 4.69) is 10.6 Å². The molecule has 0 atom stereocenters. The number of hydrogen-bond acceptors (Lipinski definition) is 3. The molecular formula is C20H21FN2O3. The Morgan fingerprint density at radius 1 is 1.00 bits per heavy atom. The first kappa shape index (κ1) is 16.7. The number of para-hydroxylation sites is 1. The van der Waals surface area contributed by atoms with Crippen LogP contribution in [0.25, 0.3) is 0 Å². The molecule has 5 nitrogen and oxygen atoms in total. The van der Waals surface area contributed by atoms with Crippen molar-refractivity contribution in [3.05, 3.63) is 53.8 Å². The third-order valence-electron chi connectivity index (χ3n) is 5.02. The van der Waals surface area contributed by atoms with Crippen LogP contribution in [0.1, 0.15) is 31.2 Å². The molecule has 0 spiro atoms. The van der Waals surface area contributed by atoms with Gasteiger partial charge >= 0.3 is 6.03 Å². The van der Waals surface area contributed by atoms with E-state index in [1.165, 1.54) is 12.1 Å². The number of benzene rings is 2. The molecular weight excluding hydrogens is 335 g/mol. The van der Waals surface area contributed by atoms with Gasteiger partial charge in [0.15, 0.2) is 11.5 Å². The van der Waals surface area contributed by atoms with Gasteiger partial charge in [-0.05, 0) is 42.7 Å². The van der Waals surface area contributed by atoms with E-state index in [4.69, 9.17) is 9.47 Å². The van der Waals surface area contributed by atoms with Crippen molar-refractivity contribution in [2.45, 2.75) is 31.2 Å². The lowest BCUT2D eigenvalue weighted by molar-refractivity contribution is 0.172. The van der Waals surface area contributed by atoms with Gasteiger partial charge in [-0.25, -0.2) is 9.18 Å². The van der Waals surface area contributed by atoms with E-state index in [-0.39, 0.29) is 11.8 Å². The zero-order chi connectivity index (χ0) is 18.0. The lowest BCUT2D eigenvalue weighted by Gasteiger charge is -2.31. The average Bonchev–Trinajstić information content (AvgIpc) is 3.12. The molecule has 1 fully saturated rings. The maximum atomic E-state index is 13.3. The highest BCUT2D eigenvalue weighted by Crippen LogP contribution is 2.40.